The number of esters is 1. The van der Waals surface area contributed by atoms with Gasteiger partial charge in [-0.1, -0.05) is 11.2 Å². The number of nitrogens with two attached hydrogens (primary N) is 1. The van der Waals surface area contributed by atoms with Crippen LogP contribution in [0.3, 0.4) is 0 Å². The Bertz CT molecular complexity index is 1070. The van der Waals surface area contributed by atoms with Crippen LogP contribution in [0.25, 0.3) is 21.9 Å². The first-order chi connectivity index (χ1) is 13.7. The number of imidazole rings is 1. The van der Waals surface area contributed by atoms with Crippen LogP contribution in [-0.4, -0.2) is 42.2 Å². The van der Waals surface area contributed by atoms with E-state index in [1.54, 1.807) is 6.33 Å². The van der Waals surface area contributed by atoms with Crippen molar-refractivity contribution in [3.05, 3.63) is 36.1 Å². The monoisotopic (exact) mass is 399 g/mol. The highest BCUT2D eigenvalue weighted by atomic mass is 32.1. The topological polar surface area (TPSA) is 135 Å². The Morgan fingerprint density at radius 3 is 3.11 bits per heavy atom. The third-order valence-electron chi connectivity index (χ3n) is 3.99. The molecule has 0 bridgehead atoms. The van der Waals surface area contributed by atoms with Crippen molar-refractivity contribution in [2.75, 3.05) is 12.3 Å². The summed E-state index contributed by atoms with van der Waals surface area (Å²) in [6.07, 6.45) is 4.21. The number of carbonyl (C=O) groups is 1. The Balaban J connectivity index is 1.20. The molecule has 11 heteroatoms. The van der Waals surface area contributed by atoms with E-state index in [-0.39, 0.29) is 12.4 Å². The van der Waals surface area contributed by atoms with E-state index in [9.17, 15) is 4.79 Å². The van der Waals surface area contributed by atoms with Gasteiger partial charge in [-0.3, -0.25) is 4.79 Å². The van der Waals surface area contributed by atoms with Crippen molar-refractivity contribution in [1.82, 2.24) is 29.7 Å². The molecule has 0 spiro atoms. The van der Waals surface area contributed by atoms with Crippen LogP contribution in [0.4, 0.5) is 5.82 Å². The van der Waals surface area contributed by atoms with E-state index in [4.69, 9.17) is 15.0 Å². The fourth-order valence-electron chi connectivity index (χ4n) is 2.63. The molecule has 0 radical (unpaired) electrons. The molecule has 0 unspecified atom stereocenters. The van der Waals surface area contributed by atoms with E-state index in [1.165, 1.54) is 17.7 Å². The third kappa shape index (κ3) is 3.98. The molecular weight excluding hydrogens is 382 g/mol. The molecule has 0 aliphatic rings. The maximum atomic E-state index is 11.9. The second-order valence-electron chi connectivity index (χ2n) is 5.93. The van der Waals surface area contributed by atoms with E-state index < -0.39 is 0 Å². The fraction of sp³-hybridized carbons (Fsp3) is 0.294. The minimum absolute atomic E-state index is 0.184. The number of nitrogen functional groups attached to an aromatic ring is 1. The molecule has 4 aromatic rings. The number of aryl methyl sites for hydroxylation is 2. The molecule has 0 fully saturated rings. The first kappa shape index (κ1) is 18.0. The van der Waals surface area contributed by atoms with Gasteiger partial charge in [-0.05, 0) is 17.9 Å². The van der Waals surface area contributed by atoms with Gasteiger partial charge in [-0.25, -0.2) is 15.0 Å². The average Bonchev–Trinajstić information content (AvgIpc) is 3.44. The van der Waals surface area contributed by atoms with Crippen molar-refractivity contribution in [2.24, 2.45) is 0 Å². The number of thiophene rings is 1. The molecule has 0 aromatic carbocycles. The quantitative estimate of drug-likeness (QED) is 0.349. The maximum Gasteiger partial charge on any atom is 0.306 e. The van der Waals surface area contributed by atoms with E-state index in [0.29, 0.717) is 54.7 Å². The van der Waals surface area contributed by atoms with Crippen molar-refractivity contribution >= 4 is 34.3 Å². The van der Waals surface area contributed by atoms with E-state index >= 15 is 0 Å². The Kier molecular flexibility index (Phi) is 5.24. The summed E-state index contributed by atoms with van der Waals surface area (Å²) in [7, 11) is 0. The highest BCUT2D eigenvalue weighted by Gasteiger charge is 2.12. The molecule has 0 amide bonds. The summed E-state index contributed by atoms with van der Waals surface area (Å²) in [6.45, 7) is 0.900. The van der Waals surface area contributed by atoms with Crippen molar-refractivity contribution in [1.29, 1.82) is 0 Å². The number of rotatable bonds is 8. The van der Waals surface area contributed by atoms with Gasteiger partial charge >= 0.3 is 5.97 Å². The predicted octanol–water partition coefficient (Wildman–Crippen LogP) is 2.09. The number of aromatic nitrogens is 6. The summed E-state index contributed by atoms with van der Waals surface area (Å²) in [4.78, 5) is 29.4. The van der Waals surface area contributed by atoms with Crippen LogP contribution in [0.15, 0.2) is 34.7 Å². The molecular formula is C17H17N7O3S. The largest absolute Gasteiger partial charge is 0.466 e. The van der Waals surface area contributed by atoms with Gasteiger partial charge in [0.25, 0.3) is 0 Å². The summed E-state index contributed by atoms with van der Waals surface area (Å²) in [6, 6.07) is 3.83. The van der Waals surface area contributed by atoms with E-state index in [2.05, 4.69) is 25.1 Å². The van der Waals surface area contributed by atoms with Gasteiger partial charge in [-0.15, -0.1) is 11.3 Å². The number of carbonyl (C=O) groups excluding carboxylic acids is 1. The lowest BCUT2D eigenvalue weighted by Gasteiger charge is -2.05. The molecule has 0 saturated carbocycles. The number of ether oxygens (including phenoxy) is 1. The van der Waals surface area contributed by atoms with Crippen LogP contribution in [0.1, 0.15) is 18.7 Å². The Labute approximate surface area is 163 Å². The molecule has 0 saturated heterocycles. The molecule has 0 atom stereocenters. The Morgan fingerprint density at radius 1 is 1.32 bits per heavy atom. The van der Waals surface area contributed by atoms with Gasteiger partial charge in [-0.2, -0.15) is 4.98 Å². The smallest absolute Gasteiger partial charge is 0.306 e. The molecule has 144 valence electrons. The summed E-state index contributed by atoms with van der Waals surface area (Å²) < 4.78 is 12.3. The first-order valence-corrected chi connectivity index (χ1v) is 9.52. The Morgan fingerprint density at radius 2 is 2.25 bits per heavy atom. The van der Waals surface area contributed by atoms with Crippen molar-refractivity contribution in [2.45, 2.75) is 25.8 Å². The molecule has 28 heavy (non-hydrogen) atoms. The van der Waals surface area contributed by atoms with Gasteiger partial charge in [0.05, 0.1) is 24.2 Å². The zero-order chi connectivity index (χ0) is 19.3. The van der Waals surface area contributed by atoms with Crippen molar-refractivity contribution in [3.8, 4) is 10.7 Å². The second-order valence-corrected chi connectivity index (χ2v) is 6.88. The van der Waals surface area contributed by atoms with Gasteiger partial charge in [0.1, 0.15) is 11.8 Å². The van der Waals surface area contributed by atoms with E-state index in [0.717, 1.165) is 4.88 Å². The molecule has 4 rings (SSSR count). The third-order valence-corrected chi connectivity index (χ3v) is 4.85. The van der Waals surface area contributed by atoms with Gasteiger partial charge in [0.15, 0.2) is 11.5 Å². The lowest BCUT2D eigenvalue weighted by atomic mass is 10.3. The molecule has 4 aromatic heterocycles. The maximum absolute atomic E-state index is 11.9. The van der Waals surface area contributed by atoms with Gasteiger partial charge < -0.3 is 19.6 Å². The van der Waals surface area contributed by atoms with Crippen LogP contribution in [0, 0.1) is 0 Å². The standard InChI is InChI=1S/C17H17N7O3S/c18-15-14-17(20-9-19-15)24(10-21-14)6-2-7-26-13(25)5-4-12-22-16(23-27-12)11-3-1-8-28-11/h1,3,8-10H,2,4-7H2,(H2,18,19,20). The molecule has 2 N–H and O–H groups in total. The minimum atomic E-state index is -0.307. The van der Waals surface area contributed by atoms with E-state index in [1.807, 2.05) is 22.1 Å². The molecule has 4 heterocycles. The fourth-order valence-corrected chi connectivity index (χ4v) is 3.28. The van der Waals surface area contributed by atoms with Crippen LogP contribution in [0.2, 0.25) is 0 Å². The molecule has 0 aliphatic heterocycles. The summed E-state index contributed by atoms with van der Waals surface area (Å²) in [5.74, 6) is 0.995. The zero-order valence-corrected chi connectivity index (χ0v) is 15.6. The van der Waals surface area contributed by atoms with Crippen LogP contribution in [-0.2, 0) is 22.5 Å². The minimum Gasteiger partial charge on any atom is -0.466 e. The molecule has 10 nitrogen and oxygen atoms in total. The number of nitrogens with zero attached hydrogens (tertiary/aromatic N) is 6. The SMILES string of the molecule is Nc1ncnc2c1ncn2CCCOC(=O)CCc1nc(-c2cccs2)no1. The van der Waals surface area contributed by atoms with Crippen LogP contribution >= 0.6 is 11.3 Å². The predicted molar refractivity (Wildman–Crippen MR) is 101 cm³/mol. The first-order valence-electron chi connectivity index (χ1n) is 8.64. The summed E-state index contributed by atoms with van der Waals surface area (Å²) in [5, 5.41) is 5.86. The van der Waals surface area contributed by atoms with Crippen LogP contribution in [0.5, 0.6) is 0 Å². The zero-order valence-electron chi connectivity index (χ0n) is 14.8. The van der Waals surface area contributed by atoms with Gasteiger partial charge in [0.2, 0.25) is 11.7 Å². The number of fused-ring (bicyclic) bond motifs is 1. The lowest BCUT2D eigenvalue weighted by Crippen LogP contribution is -2.09. The highest BCUT2D eigenvalue weighted by Crippen LogP contribution is 2.21. The highest BCUT2D eigenvalue weighted by molar-refractivity contribution is 7.13. The lowest BCUT2D eigenvalue weighted by molar-refractivity contribution is -0.143. The number of anilines is 1. The van der Waals surface area contributed by atoms with Crippen LogP contribution < -0.4 is 5.73 Å². The number of hydrogen-bond acceptors (Lipinski definition) is 10. The summed E-state index contributed by atoms with van der Waals surface area (Å²) >= 11 is 1.53. The normalized spacial score (nSPS) is 11.1. The number of hydrogen-bond donors (Lipinski definition) is 1. The second kappa shape index (κ2) is 8.13. The summed E-state index contributed by atoms with van der Waals surface area (Å²) in [5.41, 5.74) is 7.00. The van der Waals surface area contributed by atoms with Gasteiger partial charge in [0, 0.05) is 13.0 Å². The molecule has 0 aliphatic carbocycles. The van der Waals surface area contributed by atoms with Crippen molar-refractivity contribution < 1.29 is 14.1 Å². The van der Waals surface area contributed by atoms with Crippen molar-refractivity contribution in [3.63, 3.8) is 0 Å². The average molecular weight is 399 g/mol. The Hall–Kier alpha value is -3.34.